The topological polar surface area (TPSA) is 69.4 Å². The number of halogens is 2. The van der Waals surface area contributed by atoms with Gasteiger partial charge in [-0.25, -0.2) is 13.5 Å². The molecule has 1 aliphatic rings. The van der Waals surface area contributed by atoms with Crippen molar-refractivity contribution in [3.8, 4) is 23.1 Å². The summed E-state index contributed by atoms with van der Waals surface area (Å²) in [6.45, 7) is 0.603. The molecule has 2 aromatic rings. The number of rotatable bonds is 3. The van der Waals surface area contributed by atoms with Crippen LogP contribution in [0.3, 0.4) is 0 Å². The summed E-state index contributed by atoms with van der Waals surface area (Å²) >= 11 is 0. The number of nitrogens with zero attached hydrogens (tertiary/aromatic N) is 3. The number of benzene rings is 1. The minimum Gasteiger partial charge on any atom is -0.384 e. The standard InChI is InChI=1S/C17H17F2N3O3/c1-12-7-13(3-2-6-23)4-5-14(12)15-8-22(21-20-15)9-16-24-10-17(18,19)11-25-16/h4-5,7-8,16,23H,6,9-11H2,1H3. The average Bonchev–Trinajstić information content (AvgIpc) is 3.03. The Kier molecular flexibility index (Phi) is 5.08. The molecule has 1 aromatic carbocycles. The van der Waals surface area contributed by atoms with Crippen molar-refractivity contribution < 1.29 is 23.4 Å². The normalized spacial score (nSPS) is 17.1. The number of alkyl halides is 2. The van der Waals surface area contributed by atoms with Crippen molar-refractivity contribution in [2.75, 3.05) is 19.8 Å². The van der Waals surface area contributed by atoms with Gasteiger partial charge in [0.05, 0.1) is 12.7 Å². The van der Waals surface area contributed by atoms with Crippen molar-refractivity contribution >= 4 is 0 Å². The number of aliphatic hydroxyl groups excluding tert-OH is 1. The molecule has 1 aromatic heterocycles. The molecule has 8 heteroatoms. The van der Waals surface area contributed by atoms with Gasteiger partial charge >= 0.3 is 0 Å². The Hall–Kier alpha value is -2.34. The average molecular weight is 349 g/mol. The van der Waals surface area contributed by atoms with E-state index in [0.717, 1.165) is 16.7 Å². The predicted octanol–water partition coefficient (Wildman–Crippen LogP) is 1.61. The zero-order chi connectivity index (χ0) is 17.9. The molecule has 0 spiro atoms. The summed E-state index contributed by atoms with van der Waals surface area (Å²) in [5.41, 5.74) is 3.30. The summed E-state index contributed by atoms with van der Waals surface area (Å²) in [6.07, 6.45) is 0.937. The number of aliphatic hydroxyl groups is 1. The van der Waals surface area contributed by atoms with Gasteiger partial charge in [-0.1, -0.05) is 23.1 Å². The van der Waals surface area contributed by atoms with E-state index in [2.05, 4.69) is 22.2 Å². The number of ether oxygens (including phenoxy) is 2. The first kappa shape index (κ1) is 17.5. The van der Waals surface area contributed by atoms with E-state index in [1.165, 1.54) is 4.68 Å². The van der Waals surface area contributed by atoms with Crippen molar-refractivity contribution in [2.24, 2.45) is 0 Å². The molecule has 0 unspecified atom stereocenters. The summed E-state index contributed by atoms with van der Waals surface area (Å²) in [4.78, 5) is 0. The molecule has 1 fully saturated rings. The Morgan fingerprint density at radius 3 is 2.80 bits per heavy atom. The summed E-state index contributed by atoms with van der Waals surface area (Å²) in [7, 11) is 0. The fourth-order valence-corrected chi connectivity index (χ4v) is 2.46. The Morgan fingerprint density at radius 1 is 1.36 bits per heavy atom. The molecule has 0 aliphatic carbocycles. The number of hydrogen-bond donors (Lipinski definition) is 1. The van der Waals surface area contributed by atoms with E-state index in [4.69, 9.17) is 14.6 Å². The highest BCUT2D eigenvalue weighted by atomic mass is 19.3. The van der Waals surface area contributed by atoms with Crippen LogP contribution in [0.4, 0.5) is 8.78 Å². The van der Waals surface area contributed by atoms with Gasteiger partial charge in [-0.2, -0.15) is 0 Å². The fourth-order valence-electron chi connectivity index (χ4n) is 2.46. The first-order chi connectivity index (χ1) is 12.0. The predicted molar refractivity (Wildman–Crippen MR) is 84.8 cm³/mol. The van der Waals surface area contributed by atoms with Crippen molar-refractivity contribution in [3.63, 3.8) is 0 Å². The number of hydrogen-bond acceptors (Lipinski definition) is 5. The lowest BCUT2D eigenvalue weighted by molar-refractivity contribution is -0.271. The molecule has 0 radical (unpaired) electrons. The zero-order valence-electron chi connectivity index (χ0n) is 13.6. The second-order valence-corrected chi connectivity index (χ2v) is 5.72. The van der Waals surface area contributed by atoms with Crippen LogP contribution >= 0.6 is 0 Å². The summed E-state index contributed by atoms with van der Waals surface area (Å²) in [5.74, 6) is 2.50. The maximum absolute atomic E-state index is 13.0. The van der Waals surface area contributed by atoms with Gasteiger partial charge in [0.1, 0.15) is 25.5 Å². The summed E-state index contributed by atoms with van der Waals surface area (Å²) in [6, 6.07) is 5.60. The number of aromatic nitrogens is 3. The Balaban J connectivity index is 1.69. The SMILES string of the molecule is Cc1cc(C#CCO)ccc1-c1cn(CC2OCC(F)(F)CO2)nn1. The highest BCUT2D eigenvalue weighted by Crippen LogP contribution is 2.24. The van der Waals surface area contributed by atoms with Crippen LogP contribution in [-0.2, 0) is 16.0 Å². The van der Waals surface area contributed by atoms with Crippen LogP contribution in [0.25, 0.3) is 11.3 Å². The molecule has 2 heterocycles. The smallest absolute Gasteiger partial charge is 0.293 e. The second-order valence-electron chi connectivity index (χ2n) is 5.72. The maximum Gasteiger partial charge on any atom is 0.293 e. The van der Waals surface area contributed by atoms with E-state index in [1.807, 2.05) is 25.1 Å². The van der Waals surface area contributed by atoms with Crippen LogP contribution < -0.4 is 0 Å². The van der Waals surface area contributed by atoms with Crippen LogP contribution in [-0.4, -0.2) is 52.1 Å². The van der Waals surface area contributed by atoms with Gasteiger partial charge in [-0.05, 0) is 24.6 Å². The molecule has 0 atom stereocenters. The van der Waals surface area contributed by atoms with E-state index in [1.54, 1.807) is 6.20 Å². The van der Waals surface area contributed by atoms with Gasteiger partial charge < -0.3 is 14.6 Å². The van der Waals surface area contributed by atoms with Crippen molar-refractivity contribution in [1.29, 1.82) is 0 Å². The molecule has 132 valence electrons. The van der Waals surface area contributed by atoms with E-state index >= 15 is 0 Å². The molecular weight excluding hydrogens is 332 g/mol. The molecule has 25 heavy (non-hydrogen) atoms. The van der Waals surface area contributed by atoms with Crippen LogP contribution in [0.15, 0.2) is 24.4 Å². The highest BCUT2D eigenvalue weighted by Gasteiger charge is 2.37. The van der Waals surface area contributed by atoms with Crippen LogP contribution in [0, 0.1) is 18.8 Å². The van der Waals surface area contributed by atoms with Crippen LogP contribution in [0.5, 0.6) is 0 Å². The maximum atomic E-state index is 13.0. The Labute approximate surface area is 143 Å². The van der Waals surface area contributed by atoms with Gasteiger partial charge in [0.2, 0.25) is 0 Å². The van der Waals surface area contributed by atoms with Gasteiger partial charge in [-0.3, -0.25) is 0 Å². The van der Waals surface area contributed by atoms with Crippen LogP contribution in [0.1, 0.15) is 11.1 Å². The lowest BCUT2D eigenvalue weighted by Crippen LogP contribution is -2.42. The third kappa shape index (κ3) is 4.39. The van der Waals surface area contributed by atoms with E-state index in [9.17, 15) is 8.78 Å². The molecule has 1 saturated heterocycles. The van der Waals surface area contributed by atoms with E-state index in [-0.39, 0.29) is 13.2 Å². The van der Waals surface area contributed by atoms with Crippen LogP contribution in [0.2, 0.25) is 0 Å². The lowest BCUT2D eigenvalue weighted by Gasteiger charge is -2.28. The molecule has 0 amide bonds. The first-order valence-electron chi connectivity index (χ1n) is 7.69. The second kappa shape index (κ2) is 7.27. The van der Waals surface area contributed by atoms with Gasteiger partial charge in [0.25, 0.3) is 5.92 Å². The van der Waals surface area contributed by atoms with Crippen molar-refractivity contribution in [2.45, 2.75) is 25.7 Å². The lowest BCUT2D eigenvalue weighted by atomic mass is 10.0. The van der Waals surface area contributed by atoms with Gasteiger partial charge in [0, 0.05) is 11.1 Å². The quantitative estimate of drug-likeness (QED) is 0.853. The third-order valence-corrected chi connectivity index (χ3v) is 3.65. The summed E-state index contributed by atoms with van der Waals surface area (Å²) in [5, 5.41) is 16.8. The van der Waals surface area contributed by atoms with Crippen molar-refractivity contribution in [1.82, 2.24) is 15.0 Å². The molecule has 1 N–H and O–H groups in total. The Morgan fingerprint density at radius 2 is 2.12 bits per heavy atom. The molecule has 0 bridgehead atoms. The third-order valence-electron chi connectivity index (χ3n) is 3.65. The Bertz CT molecular complexity index is 801. The first-order valence-corrected chi connectivity index (χ1v) is 7.69. The minimum absolute atomic E-state index is 0.183. The highest BCUT2D eigenvalue weighted by molar-refractivity contribution is 5.64. The van der Waals surface area contributed by atoms with Crippen molar-refractivity contribution in [3.05, 3.63) is 35.5 Å². The van der Waals surface area contributed by atoms with Gasteiger partial charge in [0.15, 0.2) is 6.29 Å². The van der Waals surface area contributed by atoms with E-state index in [0.29, 0.717) is 5.69 Å². The monoisotopic (exact) mass is 349 g/mol. The molecule has 6 nitrogen and oxygen atoms in total. The zero-order valence-corrected chi connectivity index (χ0v) is 13.6. The minimum atomic E-state index is -2.94. The van der Waals surface area contributed by atoms with Gasteiger partial charge in [-0.15, -0.1) is 5.10 Å². The summed E-state index contributed by atoms with van der Waals surface area (Å²) < 4.78 is 37.5. The molecule has 3 rings (SSSR count). The largest absolute Gasteiger partial charge is 0.384 e. The van der Waals surface area contributed by atoms with E-state index < -0.39 is 25.4 Å². The molecular formula is C17H17F2N3O3. The molecule has 1 aliphatic heterocycles. The number of aryl methyl sites for hydroxylation is 1. The molecule has 0 saturated carbocycles. The fraction of sp³-hybridized carbons (Fsp3) is 0.412.